The predicted octanol–water partition coefficient (Wildman–Crippen LogP) is 5.18. The van der Waals surface area contributed by atoms with E-state index in [9.17, 15) is 13.2 Å². The maximum Gasteiger partial charge on any atom is 0.225 e. The Morgan fingerprint density at radius 1 is 1.04 bits per heavy atom. The Labute approximate surface area is 169 Å². The van der Waals surface area contributed by atoms with Crippen molar-refractivity contribution in [2.75, 3.05) is 5.32 Å². The highest BCUT2D eigenvalue weighted by molar-refractivity contribution is 7.91. The van der Waals surface area contributed by atoms with Gasteiger partial charge in [-0.2, -0.15) is 0 Å². The van der Waals surface area contributed by atoms with Gasteiger partial charge in [-0.1, -0.05) is 56.3 Å². The minimum absolute atomic E-state index is 0.130. The van der Waals surface area contributed by atoms with E-state index in [2.05, 4.69) is 31.3 Å². The van der Waals surface area contributed by atoms with E-state index in [4.69, 9.17) is 0 Å². The van der Waals surface area contributed by atoms with Crippen LogP contribution in [0.4, 0.5) is 5.69 Å². The molecule has 0 saturated carbocycles. The van der Waals surface area contributed by atoms with E-state index in [1.807, 2.05) is 12.1 Å². The smallest absolute Gasteiger partial charge is 0.225 e. The van der Waals surface area contributed by atoms with Gasteiger partial charge in [0.1, 0.15) is 4.90 Å². The van der Waals surface area contributed by atoms with Gasteiger partial charge in [0.25, 0.3) is 0 Å². The van der Waals surface area contributed by atoms with Crippen LogP contribution in [0.2, 0.25) is 0 Å². The summed E-state index contributed by atoms with van der Waals surface area (Å²) in [5.74, 6) is 0.145. The van der Waals surface area contributed by atoms with Gasteiger partial charge in [0.05, 0.1) is 10.6 Å². The van der Waals surface area contributed by atoms with Gasteiger partial charge in [0.2, 0.25) is 15.7 Å². The molecule has 0 fully saturated rings. The number of amides is 1. The first-order valence-corrected chi connectivity index (χ1v) is 11.6. The van der Waals surface area contributed by atoms with Crippen LogP contribution >= 0.6 is 11.3 Å². The molecule has 2 heterocycles. The number of benzene rings is 2. The van der Waals surface area contributed by atoms with Gasteiger partial charge in [-0.25, -0.2) is 8.42 Å². The number of nitrogens with one attached hydrogen (secondary N) is 1. The van der Waals surface area contributed by atoms with Crippen molar-refractivity contribution in [2.45, 2.75) is 41.9 Å². The van der Waals surface area contributed by atoms with E-state index in [0.29, 0.717) is 18.0 Å². The Bertz CT molecular complexity index is 1110. The van der Waals surface area contributed by atoms with Crippen molar-refractivity contribution < 1.29 is 13.2 Å². The molecule has 0 radical (unpaired) electrons. The largest absolute Gasteiger partial charge is 0.324 e. The fourth-order valence-electron chi connectivity index (χ4n) is 3.51. The summed E-state index contributed by atoms with van der Waals surface area (Å²) in [6.45, 7) is 4.28. The predicted molar refractivity (Wildman–Crippen MR) is 112 cm³/mol. The number of carbonyl (C=O) groups excluding carboxylic acids is 1. The standard InChI is InChI=1S/C22H21NO3S2/c1-14(2)15-8-10-16(11-9-15)18-12-20(24)23-21-19(13-27-22(18)21)28(25,26)17-6-4-3-5-7-17/h3-11,13-14,18H,12H2,1-2H3,(H,23,24)/t18-/m1/s1. The summed E-state index contributed by atoms with van der Waals surface area (Å²) < 4.78 is 26.2. The zero-order valence-electron chi connectivity index (χ0n) is 15.7. The SMILES string of the molecule is CC(C)c1ccc([C@H]2CC(=O)Nc3c(S(=O)(=O)c4ccccc4)csc32)cc1. The highest BCUT2D eigenvalue weighted by atomic mass is 32.2. The lowest BCUT2D eigenvalue weighted by atomic mass is 9.89. The molecule has 1 aliphatic rings. The number of fused-ring (bicyclic) bond motifs is 1. The fraction of sp³-hybridized carbons (Fsp3) is 0.227. The van der Waals surface area contributed by atoms with Crippen LogP contribution in [0.5, 0.6) is 0 Å². The zero-order chi connectivity index (χ0) is 19.9. The molecule has 144 valence electrons. The lowest BCUT2D eigenvalue weighted by Gasteiger charge is -2.24. The number of anilines is 1. The molecule has 0 bridgehead atoms. The summed E-state index contributed by atoms with van der Waals surface area (Å²) in [6, 6.07) is 16.6. The van der Waals surface area contributed by atoms with Gasteiger partial charge in [0.15, 0.2) is 0 Å². The summed E-state index contributed by atoms with van der Waals surface area (Å²) in [4.78, 5) is 13.7. The third-order valence-electron chi connectivity index (χ3n) is 5.10. The van der Waals surface area contributed by atoms with E-state index in [1.165, 1.54) is 16.9 Å². The fourth-order valence-corrected chi connectivity index (χ4v) is 6.44. The van der Waals surface area contributed by atoms with Crippen molar-refractivity contribution in [3.63, 3.8) is 0 Å². The van der Waals surface area contributed by atoms with Gasteiger partial charge in [-0.3, -0.25) is 4.79 Å². The molecule has 1 N–H and O–H groups in total. The van der Waals surface area contributed by atoms with Crippen LogP contribution in [0.25, 0.3) is 0 Å². The molecule has 4 rings (SSSR count). The minimum atomic E-state index is -3.69. The van der Waals surface area contributed by atoms with E-state index in [0.717, 1.165) is 10.4 Å². The Balaban J connectivity index is 1.78. The normalized spacial score (nSPS) is 16.7. The summed E-state index contributed by atoms with van der Waals surface area (Å²) in [5, 5.41) is 4.45. The van der Waals surface area contributed by atoms with Gasteiger partial charge < -0.3 is 5.32 Å². The van der Waals surface area contributed by atoms with Crippen molar-refractivity contribution >= 4 is 32.8 Å². The molecule has 0 spiro atoms. The number of hydrogen-bond donors (Lipinski definition) is 1. The Morgan fingerprint density at radius 3 is 2.36 bits per heavy atom. The highest BCUT2D eigenvalue weighted by Crippen LogP contribution is 2.45. The van der Waals surface area contributed by atoms with Crippen LogP contribution < -0.4 is 5.32 Å². The van der Waals surface area contributed by atoms with Gasteiger partial charge in [0, 0.05) is 22.6 Å². The first-order valence-electron chi connectivity index (χ1n) is 9.19. The van der Waals surface area contributed by atoms with Gasteiger partial charge in [-0.15, -0.1) is 11.3 Å². The monoisotopic (exact) mass is 411 g/mol. The molecule has 28 heavy (non-hydrogen) atoms. The summed E-state index contributed by atoms with van der Waals surface area (Å²) >= 11 is 1.40. The Hall–Kier alpha value is -2.44. The second-order valence-electron chi connectivity index (χ2n) is 7.28. The van der Waals surface area contributed by atoms with E-state index in [1.54, 1.807) is 35.7 Å². The van der Waals surface area contributed by atoms with Gasteiger partial charge >= 0.3 is 0 Å². The van der Waals surface area contributed by atoms with Crippen molar-refractivity contribution in [2.24, 2.45) is 0 Å². The molecule has 6 heteroatoms. The number of thiophene rings is 1. The molecular formula is C22H21NO3S2. The molecule has 4 nitrogen and oxygen atoms in total. The van der Waals surface area contributed by atoms with Crippen molar-refractivity contribution in [1.82, 2.24) is 0 Å². The Morgan fingerprint density at radius 2 is 1.71 bits per heavy atom. The number of rotatable bonds is 4. The summed E-state index contributed by atoms with van der Waals surface area (Å²) in [7, 11) is -3.69. The quantitative estimate of drug-likeness (QED) is 0.643. The maximum absolute atomic E-state index is 13.1. The molecule has 2 aromatic carbocycles. The number of hydrogen-bond acceptors (Lipinski definition) is 4. The van der Waals surface area contributed by atoms with Crippen LogP contribution in [0.3, 0.4) is 0 Å². The van der Waals surface area contributed by atoms with Crippen LogP contribution in [-0.2, 0) is 14.6 Å². The van der Waals surface area contributed by atoms with Crippen LogP contribution in [0.1, 0.15) is 48.1 Å². The lowest BCUT2D eigenvalue weighted by Crippen LogP contribution is -2.23. The third kappa shape index (κ3) is 3.27. The maximum atomic E-state index is 13.1. The average molecular weight is 412 g/mol. The third-order valence-corrected chi connectivity index (χ3v) is 8.14. The molecule has 3 aromatic rings. The number of carbonyl (C=O) groups is 1. The Kier molecular flexibility index (Phi) is 4.85. The summed E-state index contributed by atoms with van der Waals surface area (Å²) in [6.07, 6.45) is 0.319. The first-order chi connectivity index (χ1) is 13.4. The van der Waals surface area contributed by atoms with E-state index < -0.39 is 9.84 Å². The topological polar surface area (TPSA) is 63.2 Å². The molecule has 1 aromatic heterocycles. The molecule has 1 atom stereocenters. The molecular weight excluding hydrogens is 390 g/mol. The van der Waals surface area contributed by atoms with Crippen LogP contribution in [0.15, 0.2) is 69.8 Å². The minimum Gasteiger partial charge on any atom is -0.324 e. The zero-order valence-corrected chi connectivity index (χ0v) is 17.3. The molecule has 0 aliphatic carbocycles. The average Bonchev–Trinajstić information content (AvgIpc) is 3.12. The van der Waals surface area contributed by atoms with E-state index in [-0.39, 0.29) is 21.6 Å². The highest BCUT2D eigenvalue weighted by Gasteiger charge is 2.34. The molecule has 1 aliphatic heterocycles. The first kappa shape index (κ1) is 18.9. The second-order valence-corrected chi connectivity index (χ2v) is 10.1. The lowest BCUT2D eigenvalue weighted by molar-refractivity contribution is -0.116. The van der Waals surface area contributed by atoms with Crippen LogP contribution in [-0.4, -0.2) is 14.3 Å². The van der Waals surface area contributed by atoms with Crippen molar-refractivity contribution in [3.8, 4) is 0 Å². The van der Waals surface area contributed by atoms with Crippen molar-refractivity contribution in [3.05, 3.63) is 76.0 Å². The van der Waals surface area contributed by atoms with Crippen LogP contribution in [0, 0.1) is 0 Å². The summed E-state index contributed by atoms with van der Waals surface area (Å²) in [5.41, 5.74) is 2.71. The van der Waals surface area contributed by atoms with E-state index >= 15 is 0 Å². The van der Waals surface area contributed by atoms with Gasteiger partial charge in [-0.05, 0) is 29.2 Å². The molecule has 0 saturated heterocycles. The second kappa shape index (κ2) is 7.18. The van der Waals surface area contributed by atoms with Crippen molar-refractivity contribution in [1.29, 1.82) is 0 Å². The molecule has 0 unspecified atom stereocenters. The molecule has 1 amide bonds. The number of sulfone groups is 1.